The Labute approximate surface area is 155 Å². The van der Waals surface area contributed by atoms with Crippen LogP contribution in [0.15, 0.2) is 48.5 Å². The Morgan fingerprint density at radius 1 is 1.08 bits per heavy atom. The molecule has 0 atom stereocenters. The summed E-state index contributed by atoms with van der Waals surface area (Å²) in [5, 5.41) is 6.36. The topological polar surface area (TPSA) is 66.9 Å². The molecule has 0 aliphatic heterocycles. The van der Waals surface area contributed by atoms with Crippen molar-refractivity contribution in [3.63, 3.8) is 0 Å². The van der Waals surface area contributed by atoms with E-state index in [1.165, 1.54) is 24.3 Å². The fourth-order valence-corrected chi connectivity index (χ4v) is 2.55. The number of anilines is 3. The van der Waals surface area contributed by atoms with Crippen molar-refractivity contribution in [1.82, 2.24) is 9.97 Å². The molecule has 3 aromatic rings. The molecule has 1 amide bonds. The second-order valence-electron chi connectivity index (χ2n) is 5.73. The number of nitrogens with one attached hydrogen (secondary N) is 2. The van der Waals surface area contributed by atoms with E-state index in [1.807, 2.05) is 13.0 Å². The van der Waals surface area contributed by atoms with Gasteiger partial charge in [-0.05, 0) is 49.7 Å². The van der Waals surface area contributed by atoms with Crippen LogP contribution < -0.4 is 10.6 Å². The van der Waals surface area contributed by atoms with Crippen LogP contribution in [0.4, 0.5) is 21.6 Å². The summed E-state index contributed by atoms with van der Waals surface area (Å²) >= 11 is 6.03. The number of hydrogen-bond acceptors (Lipinski definition) is 4. The highest BCUT2D eigenvalue weighted by atomic mass is 35.5. The molecule has 0 radical (unpaired) electrons. The van der Waals surface area contributed by atoms with Crippen LogP contribution in [0.3, 0.4) is 0 Å². The maximum atomic E-state index is 13.3. The number of nitrogens with zero attached hydrogens (tertiary/aromatic N) is 2. The molecule has 1 aromatic heterocycles. The van der Waals surface area contributed by atoms with Gasteiger partial charge < -0.3 is 10.6 Å². The normalized spacial score (nSPS) is 10.5. The molecule has 0 fully saturated rings. The first-order valence-electron chi connectivity index (χ1n) is 7.86. The number of aryl methyl sites for hydroxylation is 2. The average molecular weight is 371 g/mol. The van der Waals surface area contributed by atoms with Gasteiger partial charge in [0.05, 0.1) is 0 Å². The van der Waals surface area contributed by atoms with Crippen molar-refractivity contribution in [2.75, 3.05) is 10.6 Å². The second-order valence-corrected chi connectivity index (χ2v) is 6.17. The van der Waals surface area contributed by atoms with E-state index in [0.717, 1.165) is 11.3 Å². The SMILES string of the molecule is Cc1nc(Nc2cc(Cl)ccc2C)cc(C(=O)Nc2cccc(F)c2)n1. The first kappa shape index (κ1) is 17.8. The van der Waals surface area contributed by atoms with Gasteiger partial charge in [-0.1, -0.05) is 23.7 Å². The Balaban J connectivity index is 1.85. The summed E-state index contributed by atoms with van der Waals surface area (Å²) in [7, 11) is 0. The summed E-state index contributed by atoms with van der Waals surface area (Å²) in [6.07, 6.45) is 0. The quantitative estimate of drug-likeness (QED) is 0.686. The lowest BCUT2D eigenvalue weighted by Crippen LogP contribution is -2.15. The highest BCUT2D eigenvalue weighted by Gasteiger charge is 2.12. The second kappa shape index (κ2) is 7.49. The Bertz CT molecular complexity index is 978. The fraction of sp³-hybridized carbons (Fsp3) is 0.105. The number of carbonyl (C=O) groups is 1. The zero-order chi connectivity index (χ0) is 18.7. The van der Waals surface area contributed by atoms with Crippen molar-refractivity contribution in [1.29, 1.82) is 0 Å². The number of amides is 1. The maximum Gasteiger partial charge on any atom is 0.274 e. The lowest BCUT2D eigenvalue weighted by Gasteiger charge is -2.11. The van der Waals surface area contributed by atoms with Crippen molar-refractivity contribution in [2.45, 2.75) is 13.8 Å². The van der Waals surface area contributed by atoms with Gasteiger partial charge in [-0.2, -0.15) is 0 Å². The van der Waals surface area contributed by atoms with Crippen molar-refractivity contribution < 1.29 is 9.18 Å². The van der Waals surface area contributed by atoms with Crippen molar-refractivity contribution in [3.8, 4) is 0 Å². The van der Waals surface area contributed by atoms with E-state index in [9.17, 15) is 9.18 Å². The lowest BCUT2D eigenvalue weighted by molar-refractivity contribution is 0.102. The van der Waals surface area contributed by atoms with Gasteiger partial charge >= 0.3 is 0 Å². The molecule has 0 unspecified atom stereocenters. The molecule has 132 valence electrons. The molecule has 0 bridgehead atoms. The Kier molecular flexibility index (Phi) is 5.14. The molecule has 0 aliphatic rings. The summed E-state index contributed by atoms with van der Waals surface area (Å²) in [5.74, 6) is 0.0127. The van der Waals surface area contributed by atoms with E-state index in [1.54, 1.807) is 25.1 Å². The van der Waals surface area contributed by atoms with Crippen LogP contribution in [0, 0.1) is 19.7 Å². The summed E-state index contributed by atoms with van der Waals surface area (Å²) in [4.78, 5) is 20.9. The number of benzene rings is 2. The molecule has 7 heteroatoms. The minimum absolute atomic E-state index is 0.170. The van der Waals surface area contributed by atoms with Crippen molar-refractivity contribution in [3.05, 3.63) is 76.5 Å². The van der Waals surface area contributed by atoms with E-state index < -0.39 is 11.7 Å². The standard InChI is InChI=1S/C19H16ClFN4O/c1-11-6-7-13(20)8-16(11)25-18-10-17(22-12(2)23-18)19(26)24-15-5-3-4-14(21)9-15/h3-10H,1-2H3,(H,24,26)(H,22,23,25). The number of rotatable bonds is 4. The first-order chi connectivity index (χ1) is 12.4. The van der Waals surface area contributed by atoms with Gasteiger partial charge in [0.25, 0.3) is 5.91 Å². The highest BCUT2D eigenvalue weighted by Crippen LogP contribution is 2.24. The van der Waals surface area contributed by atoms with E-state index >= 15 is 0 Å². The zero-order valence-corrected chi connectivity index (χ0v) is 14.9. The van der Waals surface area contributed by atoms with Crippen LogP contribution in [0.5, 0.6) is 0 Å². The monoisotopic (exact) mass is 370 g/mol. The van der Waals surface area contributed by atoms with E-state index in [-0.39, 0.29) is 5.69 Å². The molecule has 0 saturated carbocycles. The lowest BCUT2D eigenvalue weighted by atomic mass is 10.2. The molecule has 26 heavy (non-hydrogen) atoms. The van der Waals surface area contributed by atoms with Crippen LogP contribution in [0.2, 0.25) is 5.02 Å². The zero-order valence-electron chi connectivity index (χ0n) is 14.2. The van der Waals surface area contributed by atoms with Gasteiger partial charge in [0.1, 0.15) is 23.2 Å². The van der Waals surface area contributed by atoms with Gasteiger partial charge in [0.2, 0.25) is 0 Å². The maximum absolute atomic E-state index is 13.3. The predicted molar refractivity (Wildman–Crippen MR) is 101 cm³/mol. The summed E-state index contributed by atoms with van der Waals surface area (Å²) in [6, 6.07) is 12.7. The minimum atomic E-state index is -0.452. The predicted octanol–water partition coefficient (Wildman–Crippen LogP) is 4.88. The third kappa shape index (κ3) is 4.34. The van der Waals surface area contributed by atoms with E-state index in [4.69, 9.17) is 11.6 Å². The molecule has 1 heterocycles. The Hall–Kier alpha value is -2.99. The summed E-state index contributed by atoms with van der Waals surface area (Å²) in [5.41, 5.74) is 2.29. The van der Waals surface area contributed by atoms with Gasteiger partial charge in [0.15, 0.2) is 0 Å². The fourth-order valence-electron chi connectivity index (χ4n) is 2.38. The van der Waals surface area contributed by atoms with Crippen LogP contribution in [-0.4, -0.2) is 15.9 Å². The van der Waals surface area contributed by atoms with Crippen molar-refractivity contribution in [2.24, 2.45) is 0 Å². The first-order valence-corrected chi connectivity index (χ1v) is 8.24. The Morgan fingerprint density at radius 2 is 1.88 bits per heavy atom. The molecular formula is C19H16ClFN4O. The molecule has 5 nitrogen and oxygen atoms in total. The number of halogens is 2. The molecular weight excluding hydrogens is 355 g/mol. The van der Waals surface area contributed by atoms with Crippen LogP contribution in [0.25, 0.3) is 0 Å². The molecule has 2 aromatic carbocycles. The number of aromatic nitrogens is 2. The number of hydrogen-bond donors (Lipinski definition) is 2. The average Bonchev–Trinajstić information content (AvgIpc) is 2.57. The van der Waals surface area contributed by atoms with Gasteiger partial charge in [-0.25, -0.2) is 14.4 Å². The summed E-state index contributed by atoms with van der Waals surface area (Å²) < 4.78 is 13.3. The van der Waals surface area contributed by atoms with Gasteiger partial charge in [-0.15, -0.1) is 0 Å². The Morgan fingerprint density at radius 3 is 2.65 bits per heavy atom. The molecule has 0 aliphatic carbocycles. The third-order valence-electron chi connectivity index (χ3n) is 3.62. The largest absolute Gasteiger partial charge is 0.340 e. The minimum Gasteiger partial charge on any atom is -0.340 e. The highest BCUT2D eigenvalue weighted by molar-refractivity contribution is 6.30. The van der Waals surface area contributed by atoms with Gasteiger partial charge in [0, 0.05) is 22.5 Å². The smallest absolute Gasteiger partial charge is 0.274 e. The van der Waals surface area contributed by atoms with Crippen molar-refractivity contribution >= 4 is 34.7 Å². The molecule has 2 N–H and O–H groups in total. The molecule has 0 saturated heterocycles. The number of carbonyl (C=O) groups excluding carboxylic acids is 1. The third-order valence-corrected chi connectivity index (χ3v) is 3.85. The molecule has 0 spiro atoms. The van der Waals surface area contributed by atoms with E-state index in [0.29, 0.717) is 22.4 Å². The van der Waals surface area contributed by atoms with E-state index in [2.05, 4.69) is 20.6 Å². The van der Waals surface area contributed by atoms with Gasteiger partial charge in [-0.3, -0.25) is 4.79 Å². The van der Waals surface area contributed by atoms with Crippen LogP contribution in [-0.2, 0) is 0 Å². The summed E-state index contributed by atoms with van der Waals surface area (Å²) in [6.45, 7) is 3.62. The van der Waals surface area contributed by atoms with Crippen LogP contribution >= 0.6 is 11.6 Å². The molecule has 3 rings (SSSR count). The van der Waals surface area contributed by atoms with Crippen LogP contribution in [0.1, 0.15) is 21.9 Å².